The van der Waals surface area contributed by atoms with Crippen LogP contribution in [0.2, 0.25) is 0 Å². The normalized spacial score (nSPS) is 12.1. The Morgan fingerprint density at radius 2 is 1.85 bits per heavy atom. The van der Waals surface area contributed by atoms with Gasteiger partial charge in [0.05, 0.1) is 18.3 Å². The van der Waals surface area contributed by atoms with Gasteiger partial charge in [0.25, 0.3) is 11.8 Å². The predicted molar refractivity (Wildman–Crippen MR) is 152 cm³/mol. The Kier molecular flexibility index (Phi) is 7.82. The Bertz CT molecular complexity index is 1530. The first-order valence-electron chi connectivity index (χ1n) is 12.3. The molecule has 0 aliphatic carbocycles. The molecule has 0 bridgehead atoms. The average Bonchev–Trinajstić information content (AvgIpc) is 3.32. The number of primary amides is 1. The molecule has 39 heavy (non-hydrogen) atoms. The summed E-state index contributed by atoms with van der Waals surface area (Å²) >= 11 is 0.754. The van der Waals surface area contributed by atoms with Crippen molar-refractivity contribution in [2.24, 2.45) is 5.73 Å². The number of pyridine rings is 1. The first kappa shape index (κ1) is 27.5. The van der Waals surface area contributed by atoms with E-state index in [-0.39, 0.29) is 16.3 Å². The molecule has 0 fully saturated rings. The number of carbonyl (C=O) groups is 3. The Morgan fingerprint density at radius 1 is 1.13 bits per heavy atom. The van der Waals surface area contributed by atoms with E-state index in [0.717, 1.165) is 22.4 Å². The molecule has 2 aromatic carbocycles. The van der Waals surface area contributed by atoms with Gasteiger partial charge in [0, 0.05) is 22.8 Å². The lowest BCUT2D eigenvalue weighted by Gasteiger charge is -2.34. The number of anilines is 2. The van der Waals surface area contributed by atoms with Gasteiger partial charge in [-0.25, -0.2) is 0 Å². The SMILES string of the molecule is CCC(C)(C)NC(=O)[C@@H](c1ccc2ncccc2c1)N(C(=O)c1snc(C(N)=O)c1N)c1ccc(OC)cc1. The second kappa shape index (κ2) is 11.1. The summed E-state index contributed by atoms with van der Waals surface area (Å²) in [5, 5.41) is 3.88. The van der Waals surface area contributed by atoms with Crippen molar-refractivity contribution in [3.63, 3.8) is 0 Å². The predicted octanol–water partition coefficient (Wildman–Crippen LogP) is 4.07. The molecule has 2 heterocycles. The molecule has 0 radical (unpaired) electrons. The molecule has 4 aromatic rings. The Morgan fingerprint density at radius 3 is 2.46 bits per heavy atom. The van der Waals surface area contributed by atoms with E-state index >= 15 is 0 Å². The van der Waals surface area contributed by atoms with Gasteiger partial charge in [-0.05, 0) is 79.8 Å². The molecule has 0 spiro atoms. The number of rotatable bonds is 9. The molecule has 2 aromatic heterocycles. The highest BCUT2D eigenvalue weighted by molar-refractivity contribution is 7.09. The molecule has 0 aliphatic heterocycles. The highest BCUT2D eigenvalue weighted by Crippen LogP contribution is 2.35. The molecule has 10 nitrogen and oxygen atoms in total. The van der Waals surface area contributed by atoms with Crippen LogP contribution in [-0.2, 0) is 4.79 Å². The van der Waals surface area contributed by atoms with Gasteiger partial charge in [-0.15, -0.1) is 0 Å². The van der Waals surface area contributed by atoms with Crippen molar-refractivity contribution in [2.75, 3.05) is 17.7 Å². The van der Waals surface area contributed by atoms with Gasteiger partial charge in [-0.2, -0.15) is 4.37 Å². The molecule has 0 aliphatic rings. The van der Waals surface area contributed by atoms with Crippen LogP contribution in [0.15, 0.2) is 60.8 Å². The minimum atomic E-state index is -1.11. The molecular weight excluding hydrogens is 516 g/mol. The van der Waals surface area contributed by atoms with Crippen molar-refractivity contribution in [1.29, 1.82) is 0 Å². The Balaban J connectivity index is 1.94. The monoisotopic (exact) mass is 546 g/mol. The van der Waals surface area contributed by atoms with E-state index in [1.807, 2.05) is 32.9 Å². The summed E-state index contributed by atoms with van der Waals surface area (Å²) in [5.41, 5.74) is 12.4. The van der Waals surface area contributed by atoms with Crippen LogP contribution in [0.5, 0.6) is 5.75 Å². The quantitative estimate of drug-likeness (QED) is 0.286. The van der Waals surface area contributed by atoms with Gasteiger partial charge in [0.15, 0.2) is 5.69 Å². The lowest BCUT2D eigenvalue weighted by Crippen LogP contribution is -2.50. The second-order valence-corrected chi connectivity index (χ2v) is 10.4. The number of nitrogen functional groups attached to an aromatic ring is 1. The Hall–Kier alpha value is -4.51. The standard InChI is InChI=1S/C28H30N6O4S/c1-5-28(2,3)32-26(36)23(17-8-13-20-16(15-17)7-6-14-31-20)34(18-9-11-19(38-4)12-10-18)27(37)24-21(29)22(25(30)35)33-39-24/h6-15,23H,5,29H2,1-4H3,(H2,30,35)(H,32,36)/t23-/m1/s1. The molecule has 11 heteroatoms. The molecule has 3 amide bonds. The van der Waals surface area contributed by atoms with Crippen molar-refractivity contribution < 1.29 is 19.1 Å². The lowest BCUT2D eigenvalue weighted by molar-refractivity contribution is -0.124. The van der Waals surface area contributed by atoms with Crippen LogP contribution in [0.4, 0.5) is 11.4 Å². The number of hydrogen-bond donors (Lipinski definition) is 3. The van der Waals surface area contributed by atoms with Gasteiger partial charge in [0.1, 0.15) is 16.7 Å². The third kappa shape index (κ3) is 5.68. The van der Waals surface area contributed by atoms with Crippen LogP contribution in [0.3, 0.4) is 0 Å². The lowest BCUT2D eigenvalue weighted by atomic mass is 9.97. The zero-order valence-corrected chi connectivity index (χ0v) is 22.9. The summed E-state index contributed by atoms with van der Waals surface area (Å²) in [6.45, 7) is 5.78. The average molecular weight is 547 g/mol. The molecule has 4 rings (SSSR count). The number of nitrogens with two attached hydrogens (primary N) is 2. The van der Waals surface area contributed by atoms with Crippen LogP contribution in [0, 0.1) is 0 Å². The van der Waals surface area contributed by atoms with Gasteiger partial charge in [-0.1, -0.05) is 19.1 Å². The smallest absolute Gasteiger partial charge is 0.273 e. The molecule has 0 unspecified atom stereocenters. The van der Waals surface area contributed by atoms with E-state index in [9.17, 15) is 14.4 Å². The van der Waals surface area contributed by atoms with Crippen molar-refractivity contribution in [2.45, 2.75) is 38.8 Å². The van der Waals surface area contributed by atoms with Crippen molar-refractivity contribution in [3.8, 4) is 5.75 Å². The number of hydrogen-bond acceptors (Lipinski definition) is 8. The van der Waals surface area contributed by atoms with Crippen molar-refractivity contribution in [1.82, 2.24) is 14.7 Å². The molecular formula is C28H30N6O4S. The summed E-state index contributed by atoms with van der Waals surface area (Å²) in [6.07, 6.45) is 2.35. The maximum atomic E-state index is 14.2. The molecule has 0 saturated carbocycles. The minimum Gasteiger partial charge on any atom is -0.497 e. The molecule has 1 atom stereocenters. The zero-order chi connectivity index (χ0) is 28.3. The van der Waals surface area contributed by atoms with E-state index in [4.69, 9.17) is 16.2 Å². The fourth-order valence-electron chi connectivity index (χ4n) is 4.04. The molecule has 5 N–H and O–H groups in total. The van der Waals surface area contributed by atoms with Crippen LogP contribution in [0.25, 0.3) is 10.9 Å². The maximum Gasteiger partial charge on any atom is 0.273 e. The van der Waals surface area contributed by atoms with E-state index < -0.39 is 29.3 Å². The first-order chi connectivity index (χ1) is 18.6. The first-order valence-corrected chi connectivity index (χ1v) is 13.0. The number of benzene rings is 2. The zero-order valence-electron chi connectivity index (χ0n) is 22.1. The summed E-state index contributed by atoms with van der Waals surface area (Å²) in [7, 11) is 1.54. The largest absolute Gasteiger partial charge is 0.497 e. The van der Waals surface area contributed by atoms with E-state index in [1.54, 1.807) is 48.7 Å². The molecule has 202 valence electrons. The van der Waals surface area contributed by atoms with Crippen LogP contribution < -0.4 is 26.4 Å². The van der Waals surface area contributed by atoms with E-state index in [0.29, 0.717) is 23.4 Å². The van der Waals surface area contributed by atoms with Crippen LogP contribution in [-0.4, -0.2) is 39.7 Å². The van der Waals surface area contributed by atoms with Crippen molar-refractivity contribution in [3.05, 3.63) is 76.9 Å². The van der Waals surface area contributed by atoms with E-state index in [2.05, 4.69) is 14.7 Å². The third-order valence-corrected chi connectivity index (χ3v) is 7.37. The fourth-order valence-corrected chi connectivity index (χ4v) is 4.78. The topological polar surface area (TPSA) is 154 Å². The van der Waals surface area contributed by atoms with Gasteiger partial charge < -0.3 is 21.5 Å². The number of nitrogens with one attached hydrogen (secondary N) is 1. The van der Waals surface area contributed by atoms with Gasteiger partial charge >= 0.3 is 0 Å². The summed E-state index contributed by atoms with van der Waals surface area (Å²) in [4.78, 5) is 45.8. The second-order valence-electron chi connectivity index (χ2n) is 9.60. The number of aromatic nitrogens is 2. The van der Waals surface area contributed by atoms with Gasteiger partial charge in [0.2, 0.25) is 5.91 Å². The fraction of sp³-hybridized carbons (Fsp3) is 0.250. The van der Waals surface area contributed by atoms with Gasteiger partial charge in [-0.3, -0.25) is 24.3 Å². The van der Waals surface area contributed by atoms with Crippen LogP contribution in [0.1, 0.15) is 59.0 Å². The minimum absolute atomic E-state index is 0.00498. The number of carbonyl (C=O) groups excluding carboxylic acids is 3. The maximum absolute atomic E-state index is 14.2. The van der Waals surface area contributed by atoms with E-state index in [1.165, 1.54) is 12.0 Å². The number of methoxy groups -OCH3 is 1. The van der Waals surface area contributed by atoms with Crippen molar-refractivity contribution >= 4 is 51.5 Å². The number of fused-ring (bicyclic) bond motifs is 1. The highest BCUT2D eigenvalue weighted by atomic mass is 32.1. The number of amides is 3. The number of ether oxygens (including phenoxy) is 1. The highest BCUT2D eigenvalue weighted by Gasteiger charge is 2.37. The molecule has 0 saturated heterocycles. The number of nitrogens with zero attached hydrogens (tertiary/aromatic N) is 3. The summed E-state index contributed by atoms with van der Waals surface area (Å²) in [5.74, 6) is -1.28. The third-order valence-electron chi connectivity index (χ3n) is 6.52. The summed E-state index contributed by atoms with van der Waals surface area (Å²) in [6, 6.07) is 14.7. The summed E-state index contributed by atoms with van der Waals surface area (Å²) < 4.78 is 9.29. The van der Waals surface area contributed by atoms with Crippen LogP contribution >= 0.6 is 11.5 Å². The Labute approximate surface area is 230 Å².